The Hall–Kier alpha value is -0.690. The Labute approximate surface area is 74.4 Å². The van der Waals surface area contributed by atoms with E-state index < -0.39 is 36.5 Å². The molecule has 0 aromatic carbocycles. The van der Waals surface area contributed by atoms with Crippen molar-refractivity contribution in [1.29, 1.82) is 0 Å². The molecule has 0 radical (unpaired) electrons. The fourth-order valence-electron chi connectivity index (χ4n) is 1.27. The van der Waals surface area contributed by atoms with Gasteiger partial charge in [-0.1, -0.05) is 0 Å². The van der Waals surface area contributed by atoms with E-state index in [1.54, 1.807) is 0 Å². The summed E-state index contributed by atoms with van der Waals surface area (Å²) in [5.74, 6) is -4.32. The summed E-state index contributed by atoms with van der Waals surface area (Å²) in [5, 5.41) is 38.0. The maximum absolute atomic E-state index is 10.4. The van der Waals surface area contributed by atoms with Crippen LogP contribution in [0.25, 0.3) is 0 Å². The highest BCUT2D eigenvalue weighted by Gasteiger charge is 2.44. The summed E-state index contributed by atoms with van der Waals surface area (Å²) in [6, 6.07) is 0. The Kier molecular flexibility index (Phi) is 2.58. The molecule has 6 nitrogen and oxygen atoms in total. The quantitative estimate of drug-likeness (QED) is 0.406. The Balaban J connectivity index is 2.79. The molecule has 3 N–H and O–H groups in total. The van der Waals surface area contributed by atoms with Crippen molar-refractivity contribution in [3.63, 3.8) is 0 Å². The number of ether oxygens (including phenoxy) is 1. The average Bonchev–Trinajstić information content (AvgIpc) is 2.00. The second-order valence-electron chi connectivity index (χ2n) is 3.16. The van der Waals surface area contributed by atoms with Gasteiger partial charge in [-0.3, -0.25) is 0 Å². The van der Waals surface area contributed by atoms with Crippen LogP contribution in [0.3, 0.4) is 0 Å². The fraction of sp³-hybridized carbons (Fsp3) is 0.857. The first kappa shape index (κ1) is 10.4. The Morgan fingerprint density at radius 1 is 1.62 bits per heavy atom. The van der Waals surface area contributed by atoms with Gasteiger partial charge in [0.05, 0.1) is 12.2 Å². The summed E-state index contributed by atoms with van der Waals surface area (Å²) >= 11 is 0. The normalized spacial score (nSPS) is 46.0. The Morgan fingerprint density at radius 3 is 2.54 bits per heavy atom. The SMILES string of the molecule is CC1O[C@@](O)(C(=O)[O-])C[C@H](O)[C@@H]1O. The number of carboxylic acid groups (broad SMARTS) is 1. The molecule has 1 fully saturated rings. The highest BCUT2D eigenvalue weighted by atomic mass is 16.7. The molecule has 1 aliphatic rings. The number of hydrogen-bond acceptors (Lipinski definition) is 6. The van der Waals surface area contributed by atoms with Gasteiger partial charge >= 0.3 is 0 Å². The van der Waals surface area contributed by atoms with E-state index in [4.69, 9.17) is 10.2 Å². The van der Waals surface area contributed by atoms with Crippen LogP contribution < -0.4 is 5.11 Å². The van der Waals surface area contributed by atoms with Crippen LogP contribution in [0, 0.1) is 0 Å². The Morgan fingerprint density at radius 2 is 2.15 bits per heavy atom. The van der Waals surface area contributed by atoms with Gasteiger partial charge in [0.15, 0.2) is 0 Å². The van der Waals surface area contributed by atoms with E-state index in [-0.39, 0.29) is 0 Å². The lowest BCUT2D eigenvalue weighted by molar-refractivity contribution is -0.372. The van der Waals surface area contributed by atoms with E-state index in [1.807, 2.05) is 0 Å². The van der Waals surface area contributed by atoms with Crippen molar-refractivity contribution in [3.8, 4) is 0 Å². The highest BCUT2D eigenvalue weighted by molar-refractivity contribution is 5.73. The van der Waals surface area contributed by atoms with E-state index in [0.29, 0.717) is 0 Å². The third-order valence-electron chi connectivity index (χ3n) is 2.06. The summed E-state index contributed by atoms with van der Waals surface area (Å²) in [5.41, 5.74) is 0. The van der Waals surface area contributed by atoms with Crippen LogP contribution in [0.4, 0.5) is 0 Å². The van der Waals surface area contributed by atoms with Crippen molar-refractivity contribution < 1.29 is 30.0 Å². The van der Waals surface area contributed by atoms with E-state index in [1.165, 1.54) is 6.92 Å². The van der Waals surface area contributed by atoms with Gasteiger partial charge in [0, 0.05) is 6.42 Å². The molecule has 0 saturated carbocycles. The number of hydrogen-bond donors (Lipinski definition) is 3. The zero-order valence-corrected chi connectivity index (χ0v) is 7.01. The van der Waals surface area contributed by atoms with Crippen LogP contribution in [0.2, 0.25) is 0 Å². The summed E-state index contributed by atoms with van der Waals surface area (Å²) in [6.07, 6.45) is -4.07. The number of carboxylic acids is 1. The molecule has 0 spiro atoms. The van der Waals surface area contributed by atoms with Gasteiger partial charge in [-0.05, 0) is 6.92 Å². The zero-order chi connectivity index (χ0) is 10.2. The summed E-state index contributed by atoms with van der Waals surface area (Å²) < 4.78 is 4.60. The van der Waals surface area contributed by atoms with Gasteiger partial charge < -0.3 is 30.0 Å². The zero-order valence-electron chi connectivity index (χ0n) is 7.01. The van der Waals surface area contributed by atoms with Crippen LogP contribution in [0.15, 0.2) is 0 Å². The second-order valence-corrected chi connectivity index (χ2v) is 3.16. The minimum atomic E-state index is -2.50. The van der Waals surface area contributed by atoms with Crippen molar-refractivity contribution in [2.45, 2.75) is 37.4 Å². The molecule has 1 rings (SSSR count). The van der Waals surface area contributed by atoms with Crippen LogP contribution in [0.1, 0.15) is 13.3 Å². The molecule has 0 bridgehead atoms. The van der Waals surface area contributed by atoms with Crippen molar-refractivity contribution in [2.24, 2.45) is 0 Å². The molecule has 1 heterocycles. The smallest absolute Gasteiger partial charge is 0.210 e. The number of aliphatic hydroxyl groups excluding tert-OH is 2. The van der Waals surface area contributed by atoms with Gasteiger partial charge in [-0.25, -0.2) is 0 Å². The number of carbonyl (C=O) groups is 1. The highest BCUT2D eigenvalue weighted by Crippen LogP contribution is 2.26. The maximum Gasteiger partial charge on any atom is 0.210 e. The summed E-state index contributed by atoms with van der Waals surface area (Å²) in [7, 11) is 0. The first-order chi connectivity index (χ1) is 5.87. The first-order valence-electron chi connectivity index (χ1n) is 3.84. The largest absolute Gasteiger partial charge is 0.544 e. The van der Waals surface area contributed by atoms with Crippen molar-refractivity contribution in [3.05, 3.63) is 0 Å². The molecule has 4 atom stereocenters. The summed E-state index contributed by atoms with van der Waals surface area (Å²) in [6.45, 7) is 1.35. The van der Waals surface area contributed by atoms with E-state index in [0.717, 1.165) is 0 Å². The van der Waals surface area contributed by atoms with Gasteiger partial charge in [0.2, 0.25) is 5.79 Å². The van der Waals surface area contributed by atoms with Gasteiger partial charge in [-0.15, -0.1) is 0 Å². The van der Waals surface area contributed by atoms with Gasteiger partial charge in [0.1, 0.15) is 12.1 Å². The lowest BCUT2D eigenvalue weighted by Crippen LogP contribution is -2.61. The number of aliphatic carboxylic acids is 1. The molecule has 13 heavy (non-hydrogen) atoms. The predicted octanol–water partition coefficient (Wildman–Crippen LogP) is -3.04. The lowest BCUT2D eigenvalue weighted by Gasteiger charge is -2.41. The van der Waals surface area contributed by atoms with Crippen LogP contribution in [-0.2, 0) is 9.53 Å². The predicted molar refractivity (Wildman–Crippen MR) is 37.1 cm³/mol. The minimum Gasteiger partial charge on any atom is -0.544 e. The number of aliphatic hydroxyl groups is 3. The molecule has 1 saturated heterocycles. The van der Waals surface area contributed by atoms with E-state index in [2.05, 4.69) is 4.74 Å². The van der Waals surface area contributed by atoms with Gasteiger partial charge in [-0.2, -0.15) is 0 Å². The third-order valence-corrected chi connectivity index (χ3v) is 2.06. The molecule has 0 amide bonds. The minimum absolute atomic E-state index is 0.596. The van der Waals surface area contributed by atoms with Gasteiger partial charge in [0.25, 0.3) is 0 Å². The molecule has 76 valence electrons. The molecule has 0 aliphatic carbocycles. The molecule has 1 unspecified atom stereocenters. The monoisotopic (exact) mass is 191 g/mol. The van der Waals surface area contributed by atoms with Crippen LogP contribution in [0.5, 0.6) is 0 Å². The first-order valence-corrected chi connectivity index (χ1v) is 3.84. The number of carbonyl (C=O) groups excluding carboxylic acids is 1. The molecule has 0 aromatic heterocycles. The lowest BCUT2D eigenvalue weighted by atomic mass is 9.96. The van der Waals surface area contributed by atoms with E-state index >= 15 is 0 Å². The third kappa shape index (κ3) is 1.80. The molecule has 6 heteroatoms. The molecular weight excluding hydrogens is 180 g/mol. The Bertz CT molecular complexity index is 203. The van der Waals surface area contributed by atoms with Crippen molar-refractivity contribution in [2.75, 3.05) is 0 Å². The van der Waals surface area contributed by atoms with Crippen molar-refractivity contribution >= 4 is 5.97 Å². The van der Waals surface area contributed by atoms with Crippen LogP contribution in [-0.4, -0.2) is 45.4 Å². The second kappa shape index (κ2) is 3.22. The molecule has 0 aromatic rings. The molecular formula is C7H11O6-. The maximum atomic E-state index is 10.4. The standard InChI is InChI=1S/C7H12O6/c1-3-5(9)4(8)2-7(12,13-3)6(10)11/h3-5,8-9,12H,2H2,1H3,(H,10,11)/p-1/t3?,4-,5+,7+/m0/s1. The van der Waals surface area contributed by atoms with Crippen molar-refractivity contribution in [1.82, 2.24) is 0 Å². The molecule has 1 aliphatic heterocycles. The topological polar surface area (TPSA) is 110 Å². The fourth-order valence-corrected chi connectivity index (χ4v) is 1.27. The van der Waals surface area contributed by atoms with E-state index in [9.17, 15) is 15.0 Å². The average molecular weight is 191 g/mol. The van der Waals surface area contributed by atoms with Crippen LogP contribution >= 0.6 is 0 Å². The number of rotatable bonds is 1. The summed E-state index contributed by atoms with van der Waals surface area (Å²) in [4.78, 5) is 10.4.